The first-order valence-electron chi connectivity index (χ1n) is 7.95. The summed E-state index contributed by atoms with van der Waals surface area (Å²) < 4.78 is 10.8. The molecule has 1 aromatic rings. The molecule has 0 bridgehead atoms. The lowest BCUT2D eigenvalue weighted by atomic mass is 9.92. The summed E-state index contributed by atoms with van der Waals surface area (Å²) in [6.45, 7) is 0.566. The van der Waals surface area contributed by atoms with Crippen molar-refractivity contribution in [1.29, 1.82) is 0 Å². The van der Waals surface area contributed by atoms with Crippen LogP contribution in [0.5, 0.6) is 0 Å². The maximum atomic E-state index is 12.1. The fourth-order valence-corrected chi connectivity index (χ4v) is 4.01. The highest BCUT2D eigenvalue weighted by Crippen LogP contribution is 2.48. The minimum atomic E-state index is -1.40. The summed E-state index contributed by atoms with van der Waals surface area (Å²) >= 11 is 6.43. The number of fused-ring (bicyclic) bond motifs is 1. The largest absolute Gasteiger partial charge is 0.497 e. The lowest BCUT2D eigenvalue weighted by Gasteiger charge is -2.47. The molecule has 4 rings (SSSR count). The molecule has 0 amide bonds. The van der Waals surface area contributed by atoms with Gasteiger partial charge in [-0.1, -0.05) is 29.8 Å². The van der Waals surface area contributed by atoms with Gasteiger partial charge < -0.3 is 9.47 Å². The molecule has 2 fully saturated rings. The molecule has 2 saturated heterocycles. The Morgan fingerprint density at radius 3 is 2.88 bits per heavy atom. The van der Waals surface area contributed by atoms with Gasteiger partial charge in [0, 0.05) is 17.1 Å². The Balaban J connectivity index is 1.91. The van der Waals surface area contributed by atoms with E-state index in [4.69, 9.17) is 30.8 Å². The smallest absolute Gasteiger partial charge is 0.359 e. The van der Waals surface area contributed by atoms with E-state index in [1.165, 1.54) is 13.2 Å². The topological polar surface area (TPSA) is 74.3 Å². The third-order valence-corrected chi connectivity index (χ3v) is 5.14. The highest BCUT2D eigenvalue weighted by atomic mass is 35.5. The van der Waals surface area contributed by atoms with Crippen molar-refractivity contribution < 1.29 is 28.8 Å². The number of benzene rings is 1. The van der Waals surface area contributed by atoms with Crippen LogP contribution in [0.15, 0.2) is 36.1 Å². The third-order valence-electron chi connectivity index (χ3n) is 4.81. The third kappa shape index (κ3) is 2.34. The van der Waals surface area contributed by atoms with Crippen LogP contribution < -0.4 is 0 Å². The number of rotatable bonds is 3. The SMILES string of the molecule is COC1=CC(=O)OC1C1(c2ccccc2Cl)OOC(=O)[C@@H]2CCCN21. The fourth-order valence-electron chi connectivity index (χ4n) is 3.74. The summed E-state index contributed by atoms with van der Waals surface area (Å²) in [5, 5.41) is 0.407. The van der Waals surface area contributed by atoms with Crippen LogP contribution in [-0.2, 0) is 34.6 Å². The van der Waals surface area contributed by atoms with Gasteiger partial charge in [0.1, 0.15) is 11.8 Å². The second-order valence-corrected chi connectivity index (χ2v) is 6.49. The van der Waals surface area contributed by atoms with Crippen LogP contribution in [0, 0.1) is 0 Å². The van der Waals surface area contributed by atoms with E-state index in [0.717, 1.165) is 6.42 Å². The van der Waals surface area contributed by atoms with Crippen molar-refractivity contribution in [2.24, 2.45) is 0 Å². The van der Waals surface area contributed by atoms with Gasteiger partial charge in [0.15, 0.2) is 0 Å². The minimum Gasteiger partial charge on any atom is -0.497 e. The van der Waals surface area contributed by atoms with E-state index in [1.807, 2.05) is 4.90 Å². The van der Waals surface area contributed by atoms with E-state index < -0.39 is 29.8 Å². The highest BCUT2D eigenvalue weighted by Gasteiger charge is 2.62. The van der Waals surface area contributed by atoms with E-state index >= 15 is 0 Å². The Morgan fingerprint density at radius 2 is 2.12 bits per heavy atom. The van der Waals surface area contributed by atoms with Gasteiger partial charge in [0.25, 0.3) is 0 Å². The zero-order chi connectivity index (χ0) is 17.6. The number of nitrogens with zero attached hydrogens (tertiary/aromatic N) is 1. The lowest BCUT2D eigenvalue weighted by molar-refractivity contribution is -0.418. The second kappa shape index (κ2) is 6.01. The summed E-state index contributed by atoms with van der Waals surface area (Å²) in [5.41, 5.74) is -0.861. The Labute approximate surface area is 149 Å². The number of cyclic esters (lactones) is 1. The van der Waals surface area contributed by atoms with E-state index in [2.05, 4.69) is 0 Å². The molecule has 3 heterocycles. The van der Waals surface area contributed by atoms with Gasteiger partial charge in [-0.3, -0.25) is 9.79 Å². The summed E-state index contributed by atoms with van der Waals surface area (Å²) in [5.74, 6) is -0.731. The van der Waals surface area contributed by atoms with Gasteiger partial charge in [-0.15, -0.1) is 0 Å². The predicted molar refractivity (Wildman–Crippen MR) is 85.0 cm³/mol. The van der Waals surface area contributed by atoms with Crippen LogP contribution in [0.25, 0.3) is 0 Å². The van der Waals surface area contributed by atoms with Crippen molar-refractivity contribution in [3.05, 3.63) is 46.7 Å². The fraction of sp³-hybridized carbons (Fsp3) is 0.412. The Morgan fingerprint density at radius 1 is 1.32 bits per heavy atom. The molecule has 25 heavy (non-hydrogen) atoms. The van der Waals surface area contributed by atoms with E-state index in [9.17, 15) is 9.59 Å². The van der Waals surface area contributed by atoms with Crippen LogP contribution in [-0.4, -0.2) is 42.6 Å². The van der Waals surface area contributed by atoms with Crippen molar-refractivity contribution >= 4 is 23.5 Å². The summed E-state index contributed by atoms with van der Waals surface area (Å²) in [7, 11) is 1.44. The van der Waals surface area contributed by atoms with E-state index in [0.29, 0.717) is 23.6 Å². The van der Waals surface area contributed by atoms with Crippen molar-refractivity contribution in [2.45, 2.75) is 30.7 Å². The van der Waals surface area contributed by atoms with E-state index in [-0.39, 0.29) is 5.76 Å². The molecule has 3 aliphatic rings. The maximum Gasteiger partial charge on any atom is 0.359 e. The predicted octanol–water partition coefficient (Wildman–Crippen LogP) is 1.90. The van der Waals surface area contributed by atoms with Crippen LogP contribution in [0.1, 0.15) is 18.4 Å². The molecular formula is C17H16ClNO6. The van der Waals surface area contributed by atoms with Crippen LogP contribution in [0.4, 0.5) is 0 Å². The zero-order valence-electron chi connectivity index (χ0n) is 13.4. The van der Waals surface area contributed by atoms with Gasteiger partial charge in [0.05, 0.1) is 13.2 Å². The normalized spacial score (nSPS) is 32.0. The number of carbonyl (C=O) groups is 2. The standard InChI is InChI=1S/C17H16ClNO6/c1-22-13-9-14(20)23-15(13)17(10-5-2-3-6-11(10)18)19-8-4-7-12(19)16(21)24-25-17/h2-3,5-6,9,12,15H,4,7-8H2,1H3/t12-,15?,17?/m0/s1. The monoisotopic (exact) mass is 365 g/mol. The Hall–Kier alpha value is -2.09. The molecular weight excluding hydrogens is 350 g/mol. The average molecular weight is 366 g/mol. The van der Waals surface area contributed by atoms with Crippen molar-refractivity contribution in [2.75, 3.05) is 13.7 Å². The maximum absolute atomic E-state index is 12.1. The molecule has 8 heteroatoms. The number of hydrogen-bond acceptors (Lipinski definition) is 7. The van der Waals surface area contributed by atoms with Crippen molar-refractivity contribution in [3.63, 3.8) is 0 Å². The molecule has 0 saturated carbocycles. The highest BCUT2D eigenvalue weighted by molar-refractivity contribution is 6.31. The van der Waals surface area contributed by atoms with Gasteiger partial charge in [-0.25, -0.2) is 9.59 Å². The molecule has 1 aromatic carbocycles. The summed E-state index contributed by atoms with van der Waals surface area (Å²) in [6.07, 6.45) is 1.72. The molecule has 2 unspecified atom stereocenters. The van der Waals surface area contributed by atoms with Crippen LogP contribution in [0.3, 0.4) is 0 Å². The first kappa shape index (κ1) is 16.4. The zero-order valence-corrected chi connectivity index (χ0v) is 14.2. The van der Waals surface area contributed by atoms with Gasteiger partial charge in [-0.05, 0) is 18.9 Å². The first-order valence-corrected chi connectivity index (χ1v) is 8.33. The average Bonchev–Trinajstić information content (AvgIpc) is 3.24. The number of halogens is 1. The van der Waals surface area contributed by atoms with Gasteiger partial charge >= 0.3 is 11.9 Å². The Bertz CT molecular complexity index is 765. The molecule has 132 valence electrons. The number of esters is 1. The number of methoxy groups -OCH3 is 1. The molecule has 0 aromatic heterocycles. The van der Waals surface area contributed by atoms with Gasteiger partial charge in [0.2, 0.25) is 11.8 Å². The molecule has 0 radical (unpaired) electrons. The van der Waals surface area contributed by atoms with Crippen molar-refractivity contribution in [1.82, 2.24) is 4.90 Å². The first-order chi connectivity index (χ1) is 12.1. The second-order valence-electron chi connectivity index (χ2n) is 6.08. The number of hydrogen-bond donors (Lipinski definition) is 0. The molecule has 0 aliphatic carbocycles. The number of carbonyl (C=O) groups excluding carboxylic acids is 2. The van der Waals surface area contributed by atoms with Crippen molar-refractivity contribution in [3.8, 4) is 0 Å². The lowest BCUT2D eigenvalue weighted by Crippen LogP contribution is -2.63. The van der Waals surface area contributed by atoms with Crippen LogP contribution in [0.2, 0.25) is 5.02 Å². The minimum absolute atomic E-state index is 0.286. The van der Waals surface area contributed by atoms with Gasteiger partial charge in [-0.2, -0.15) is 4.89 Å². The molecule has 3 atom stereocenters. The van der Waals surface area contributed by atoms with Crippen LogP contribution >= 0.6 is 11.6 Å². The quantitative estimate of drug-likeness (QED) is 0.598. The molecule has 0 spiro atoms. The number of ether oxygens (including phenoxy) is 2. The molecule has 3 aliphatic heterocycles. The molecule has 7 nitrogen and oxygen atoms in total. The Kier molecular flexibility index (Phi) is 3.94. The van der Waals surface area contributed by atoms with E-state index in [1.54, 1.807) is 24.3 Å². The summed E-state index contributed by atoms with van der Waals surface area (Å²) in [4.78, 5) is 36.5. The molecule has 0 N–H and O–H groups in total. The summed E-state index contributed by atoms with van der Waals surface area (Å²) in [6, 6.07) is 6.54.